The molecule has 0 atom stereocenters. The third-order valence-corrected chi connectivity index (χ3v) is 6.67. The molecule has 1 aromatic heterocycles. The highest BCUT2D eigenvalue weighted by Gasteiger charge is 2.39. The van der Waals surface area contributed by atoms with Crippen molar-refractivity contribution in [2.75, 3.05) is 32.8 Å². The van der Waals surface area contributed by atoms with Crippen LogP contribution in [0.25, 0.3) is 0 Å². The second-order valence-corrected chi connectivity index (χ2v) is 9.21. The number of carbonyl (C=O) groups is 1. The van der Waals surface area contributed by atoms with Gasteiger partial charge in [-0.1, -0.05) is 27.2 Å². The van der Waals surface area contributed by atoms with Crippen molar-refractivity contribution in [2.45, 2.75) is 63.8 Å². The molecule has 3 rings (SSSR count). The number of hydrogen-bond donors (Lipinski definition) is 1. The van der Waals surface area contributed by atoms with Gasteiger partial charge in [0.05, 0.1) is 5.01 Å². The van der Waals surface area contributed by atoms with Crippen LogP contribution in [0, 0.1) is 0 Å². The van der Waals surface area contributed by atoms with Crippen LogP contribution in [0.3, 0.4) is 0 Å². The molecule has 2 fully saturated rings. The summed E-state index contributed by atoms with van der Waals surface area (Å²) < 4.78 is 5.60. The van der Waals surface area contributed by atoms with Crippen LogP contribution in [0.1, 0.15) is 68.4 Å². The topological polar surface area (TPSA) is 54.5 Å². The van der Waals surface area contributed by atoms with Crippen LogP contribution in [-0.4, -0.2) is 54.2 Å². The Labute approximate surface area is 155 Å². The summed E-state index contributed by atoms with van der Waals surface area (Å²) in [5.74, 6) is -0.0466. The molecule has 0 unspecified atom stereocenters. The van der Waals surface area contributed by atoms with Crippen molar-refractivity contribution in [3.05, 3.63) is 16.1 Å². The lowest BCUT2D eigenvalue weighted by atomic mass is 9.86. The number of nitrogens with zero attached hydrogens (tertiary/aromatic N) is 2. The van der Waals surface area contributed by atoms with E-state index in [-0.39, 0.29) is 16.9 Å². The van der Waals surface area contributed by atoms with E-state index < -0.39 is 0 Å². The van der Waals surface area contributed by atoms with E-state index >= 15 is 0 Å². The average Bonchev–Trinajstić information content (AvgIpc) is 3.12. The Morgan fingerprint density at radius 2 is 1.96 bits per heavy atom. The Morgan fingerprint density at radius 3 is 2.56 bits per heavy atom. The quantitative estimate of drug-likeness (QED) is 0.890. The predicted octanol–water partition coefficient (Wildman–Crippen LogP) is 3.21. The molecule has 1 aromatic rings. The minimum absolute atomic E-state index is 0.0150. The summed E-state index contributed by atoms with van der Waals surface area (Å²) in [6.07, 6.45) is 5.84. The molecule has 6 heteroatoms. The van der Waals surface area contributed by atoms with E-state index in [1.165, 1.54) is 19.3 Å². The molecule has 0 radical (unpaired) electrons. The molecule has 0 aromatic carbocycles. The number of rotatable bonds is 4. The molecular formula is C19H31N3O2S. The van der Waals surface area contributed by atoms with Crippen LogP contribution in [0.4, 0.5) is 0 Å². The maximum absolute atomic E-state index is 12.6. The van der Waals surface area contributed by atoms with Crippen molar-refractivity contribution < 1.29 is 9.53 Å². The number of carbonyl (C=O) groups excluding carboxylic acids is 1. The van der Waals surface area contributed by atoms with Gasteiger partial charge in [0.15, 0.2) is 0 Å². The van der Waals surface area contributed by atoms with Crippen molar-refractivity contribution >= 4 is 17.2 Å². The van der Waals surface area contributed by atoms with Gasteiger partial charge in [-0.15, -0.1) is 11.3 Å². The number of piperidine rings is 1. The summed E-state index contributed by atoms with van der Waals surface area (Å²) in [5, 5.41) is 6.07. The second kappa shape index (κ2) is 7.72. The number of ether oxygens (including phenoxy) is 1. The van der Waals surface area contributed by atoms with Gasteiger partial charge in [0.25, 0.3) is 5.91 Å². The first-order chi connectivity index (χ1) is 11.9. The fraction of sp³-hybridized carbons (Fsp3) is 0.789. The minimum atomic E-state index is -0.0466. The normalized spacial score (nSPS) is 21.9. The Kier molecular flexibility index (Phi) is 5.81. The van der Waals surface area contributed by atoms with Crippen molar-refractivity contribution in [2.24, 2.45) is 0 Å². The standard InChI is InChI=1S/C19H31N3O2S/c1-18(2,3)17-21-15(13-25-17)16(23)20-14-19(7-11-24-12-8-19)22-9-5-4-6-10-22/h13H,4-12,14H2,1-3H3,(H,20,23). The first kappa shape index (κ1) is 18.8. The maximum Gasteiger partial charge on any atom is 0.270 e. The fourth-order valence-electron chi connectivity index (χ4n) is 3.78. The first-order valence-electron chi connectivity index (χ1n) is 9.48. The molecule has 0 saturated carbocycles. The van der Waals surface area contributed by atoms with E-state index in [2.05, 4.69) is 36.0 Å². The third kappa shape index (κ3) is 4.41. The second-order valence-electron chi connectivity index (χ2n) is 8.35. The summed E-state index contributed by atoms with van der Waals surface area (Å²) >= 11 is 1.57. The zero-order chi connectivity index (χ0) is 17.9. The molecule has 2 aliphatic heterocycles. The van der Waals surface area contributed by atoms with E-state index in [4.69, 9.17) is 4.74 Å². The lowest BCUT2D eigenvalue weighted by Gasteiger charge is -2.48. The maximum atomic E-state index is 12.6. The molecule has 0 spiro atoms. The van der Waals surface area contributed by atoms with E-state index in [0.717, 1.165) is 44.2 Å². The zero-order valence-corrected chi connectivity index (χ0v) is 16.6. The van der Waals surface area contributed by atoms with Gasteiger partial charge in [0, 0.05) is 36.1 Å². The lowest BCUT2D eigenvalue weighted by Crippen LogP contribution is -2.59. The number of hydrogen-bond acceptors (Lipinski definition) is 5. The molecule has 5 nitrogen and oxygen atoms in total. The van der Waals surface area contributed by atoms with Crippen molar-refractivity contribution in [3.63, 3.8) is 0 Å². The van der Waals surface area contributed by atoms with Crippen LogP contribution < -0.4 is 5.32 Å². The predicted molar refractivity (Wildman–Crippen MR) is 101 cm³/mol. The molecule has 140 valence electrons. The summed E-state index contributed by atoms with van der Waals surface area (Å²) in [6.45, 7) is 10.9. The molecule has 2 saturated heterocycles. The number of aromatic nitrogens is 1. The Bertz CT molecular complexity index is 582. The van der Waals surface area contributed by atoms with Gasteiger partial charge in [0.1, 0.15) is 5.69 Å². The Morgan fingerprint density at radius 1 is 1.28 bits per heavy atom. The van der Waals surface area contributed by atoms with Gasteiger partial charge in [-0.25, -0.2) is 4.98 Å². The average molecular weight is 366 g/mol. The van der Waals surface area contributed by atoms with Crippen LogP contribution >= 0.6 is 11.3 Å². The molecular weight excluding hydrogens is 334 g/mol. The van der Waals surface area contributed by atoms with Gasteiger partial charge in [-0.2, -0.15) is 0 Å². The van der Waals surface area contributed by atoms with Crippen molar-refractivity contribution in [1.82, 2.24) is 15.2 Å². The van der Waals surface area contributed by atoms with Gasteiger partial charge in [-0.05, 0) is 38.8 Å². The molecule has 25 heavy (non-hydrogen) atoms. The van der Waals surface area contributed by atoms with Gasteiger partial charge >= 0.3 is 0 Å². The third-order valence-electron chi connectivity index (χ3n) is 5.41. The Hall–Kier alpha value is -0.980. The van der Waals surface area contributed by atoms with E-state index in [9.17, 15) is 4.79 Å². The minimum Gasteiger partial charge on any atom is -0.381 e. The number of likely N-dealkylation sites (tertiary alicyclic amines) is 1. The van der Waals surface area contributed by atoms with Gasteiger partial charge < -0.3 is 10.1 Å². The van der Waals surface area contributed by atoms with Crippen LogP contribution in [0.2, 0.25) is 0 Å². The first-order valence-corrected chi connectivity index (χ1v) is 10.4. The number of nitrogens with one attached hydrogen (secondary N) is 1. The van der Waals surface area contributed by atoms with E-state index in [0.29, 0.717) is 12.2 Å². The summed E-state index contributed by atoms with van der Waals surface area (Å²) in [5.41, 5.74) is 0.589. The zero-order valence-electron chi connectivity index (χ0n) is 15.8. The lowest BCUT2D eigenvalue weighted by molar-refractivity contribution is -0.0349. The molecule has 1 amide bonds. The highest BCUT2D eigenvalue weighted by molar-refractivity contribution is 7.10. The molecule has 0 bridgehead atoms. The van der Waals surface area contributed by atoms with Crippen molar-refractivity contribution in [3.8, 4) is 0 Å². The van der Waals surface area contributed by atoms with Crippen molar-refractivity contribution in [1.29, 1.82) is 0 Å². The summed E-state index contributed by atoms with van der Waals surface area (Å²) in [6, 6.07) is 0. The molecule has 1 N–H and O–H groups in total. The van der Waals surface area contributed by atoms with Crippen LogP contribution in [0.15, 0.2) is 5.38 Å². The van der Waals surface area contributed by atoms with E-state index in [1.807, 2.05) is 5.38 Å². The summed E-state index contributed by atoms with van der Waals surface area (Å²) in [7, 11) is 0. The molecule has 0 aliphatic carbocycles. The highest BCUT2D eigenvalue weighted by atomic mass is 32.1. The highest BCUT2D eigenvalue weighted by Crippen LogP contribution is 2.30. The van der Waals surface area contributed by atoms with Crippen LogP contribution in [-0.2, 0) is 10.2 Å². The number of amides is 1. The molecule has 2 aliphatic rings. The van der Waals surface area contributed by atoms with Gasteiger partial charge in [-0.3, -0.25) is 9.69 Å². The van der Waals surface area contributed by atoms with Crippen LogP contribution in [0.5, 0.6) is 0 Å². The largest absolute Gasteiger partial charge is 0.381 e. The molecule has 3 heterocycles. The van der Waals surface area contributed by atoms with E-state index in [1.54, 1.807) is 11.3 Å². The van der Waals surface area contributed by atoms with Gasteiger partial charge in [0.2, 0.25) is 0 Å². The Balaban J connectivity index is 1.66. The fourth-order valence-corrected chi connectivity index (χ4v) is 4.67. The smallest absolute Gasteiger partial charge is 0.270 e. The number of thiazole rings is 1. The SMILES string of the molecule is CC(C)(C)c1nc(C(=O)NCC2(N3CCCCC3)CCOCC2)cs1. The summed E-state index contributed by atoms with van der Waals surface area (Å²) in [4.78, 5) is 19.8. The monoisotopic (exact) mass is 365 g/mol.